The van der Waals surface area contributed by atoms with Gasteiger partial charge in [0.05, 0.1) is 17.3 Å². The molecule has 2 bridgehead atoms. The molecule has 0 aromatic heterocycles. The van der Waals surface area contributed by atoms with Gasteiger partial charge in [0.25, 0.3) is 0 Å². The van der Waals surface area contributed by atoms with E-state index >= 15 is 0 Å². The van der Waals surface area contributed by atoms with E-state index in [2.05, 4.69) is 25.7 Å². The van der Waals surface area contributed by atoms with Crippen LogP contribution in [0.25, 0.3) is 0 Å². The Morgan fingerprint density at radius 2 is 2.10 bits per heavy atom. The second kappa shape index (κ2) is 9.32. The van der Waals surface area contributed by atoms with Crippen LogP contribution >= 0.6 is 0 Å². The van der Waals surface area contributed by atoms with Crippen molar-refractivity contribution >= 4 is 0 Å². The van der Waals surface area contributed by atoms with Crippen LogP contribution in [-0.2, 0) is 0 Å². The average molecular weight is 404 g/mol. The molecule has 29 heavy (non-hydrogen) atoms. The van der Waals surface area contributed by atoms with Crippen molar-refractivity contribution in [3.63, 3.8) is 0 Å². The molecule has 3 aliphatic rings. The molecule has 3 heteroatoms. The molecule has 3 unspecified atom stereocenters. The molecule has 162 valence electrons. The standard InChI is InChI=1S/C26H40O3/c1-4-6-8-9-13-25(28)14-10-12-21(17-25)20(11-7-5-2)15-24-23-16-22(27)18-26(24,29)19(23)3/h10,12,14-15,22-24,27-29H,3-9,11,13,16-18H2,1-2H3/b20-15+/t22-,23?,24?,25?,26-/m1/s1/i1D3. The zero-order valence-corrected chi connectivity index (χ0v) is 17.9. The van der Waals surface area contributed by atoms with Crippen molar-refractivity contribution < 1.29 is 19.4 Å². The molecule has 2 saturated carbocycles. The van der Waals surface area contributed by atoms with E-state index in [9.17, 15) is 15.3 Å². The van der Waals surface area contributed by atoms with Crippen LogP contribution in [-0.4, -0.2) is 32.6 Å². The fourth-order valence-corrected chi connectivity index (χ4v) is 5.39. The summed E-state index contributed by atoms with van der Waals surface area (Å²) in [5.74, 6) is 0.0993. The number of fused-ring (bicyclic) bond motifs is 2. The summed E-state index contributed by atoms with van der Waals surface area (Å²) in [5, 5.41) is 32.4. The highest BCUT2D eigenvalue weighted by Gasteiger charge is 2.59. The summed E-state index contributed by atoms with van der Waals surface area (Å²) < 4.78 is 21.9. The molecule has 0 aromatic carbocycles. The minimum Gasteiger partial charge on any atom is -0.393 e. The minimum atomic E-state index is -1.87. The van der Waals surface area contributed by atoms with Gasteiger partial charge in [0.2, 0.25) is 0 Å². The smallest absolute Gasteiger partial charge is 0.0949 e. The lowest BCUT2D eigenvalue weighted by Gasteiger charge is -2.58. The molecule has 2 fully saturated rings. The normalized spacial score (nSPS) is 38.7. The minimum absolute atomic E-state index is 0.0231. The van der Waals surface area contributed by atoms with Crippen molar-refractivity contribution in [3.8, 4) is 0 Å². The summed E-state index contributed by atoms with van der Waals surface area (Å²) in [6.45, 7) is 4.36. The number of allylic oxidation sites excluding steroid dienone is 3. The van der Waals surface area contributed by atoms with E-state index in [1.165, 1.54) is 5.57 Å². The van der Waals surface area contributed by atoms with Gasteiger partial charge in [0.15, 0.2) is 0 Å². The van der Waals surface area contributed by atoms with Gasteiger partial charge in [-0.25, -0.2) is 0 Å². The van der Waals surface area contributed by atoms with Gasteiger partial charge in [-0.2, -0.15) is 0 Å². The second-order valence-corrected chi connectivity index (χ2v) is 9.36. The summed E-state index contributed by atoms with van der Waals surface area (Å²) in [5.41, 5.74) is 1.23. The number of hydrogen-bond acceptors (Lipinski definition) is 3. The Morgan fingerprint density at radius 1 is 1.28 bits per heavy atom. The Labute approximate surface area is 181 Å². The molecule has 0 radical (unpaired) electrons. The van der Waals surface area contributed by atoms with Gasteiger partial charge in [-0.15, -0.1) is 0 Å². The summed E-state index contributed by atoms with van der Waals surface area (Å²) in [6.07, 6.45) is 15.2. The van der Waals surface area contributed by atoms with Gasteiger partial charge in [0, 0.05) is 22.9 Å². The fourth-order valence-electron chi connectivity index (χ4n) is 5.39. The Bertz CT molecular complexity index is 782. The highest BCUT2D eigenvalue weighted by molar-refractivity contribution is 5.44. The van der Waals surface area contributed by atoms with Gasteiger partial charge in [0.1, 0.15) is 0 Å². The Balaban J connectivity index is 1.66. The predicted molar refractivity (Wildman–Crippen MR) is 119 cm³/mol. The summed E-state index contributed by atoms with van der Waals surface area (Å²) in [7, 11) is 0. The Kier molecular flexibility index (Phi) is 5.98. The second-order valence-electron chi connectivity index (χ2n) is 9.36. The predicted octanol–water partition coefficient (Wildman–Crippen LogP) is 5.38. The van der Waals surface area contributed by atoms with E-state index in [1.807, 2.05) is 12.2 Å². The first-order chi connectivity index (χ1) is 15.0. The topological polar surface area (TPSA) is 60.7 Å². The number of aliphatic hydroxyl groups is 3. The first kappa shape index (κ1) is 18.6. The zero-order valence-electron chi connectivity index (χ0n) is 20.9. The maximum Gasteiger partial charge on any atom is 0.0949 e. The van der Waals surface area contributed by atoms with Crippen LogP contribution in [0.3, 0.4) is 0 Å². The SMILES string of the molecule is [2H]C([2H])([2H])CCCCCC1(O)C=CC=C(/C(=C/C2C3C[C@@H](O)C[C@@]2(O)C3=C)CCCC)C1. The van der Waals surface area contributed by atoms with Gasteiger partial charge >= 0.3 is 0 Å². The molecule has 0 aliphatic heterocycles. The molecule has 3 aliphatic carbocycles. The monoisotopic (exact) mass is 403 g/mol. The highest BCUT2D eigenvalue weighted by Crippen LogP contribution is 2.58. The first-order valence-corrected chi connectivity index (χ1v) is 11.4. The molecule has 3 nitrogen and oxygen atoms in total. The average Bonchev–Trinajstić information content (AvgIpc) is 2.70. The third kappa shape index (κ3) is 4.78. The largest absolute Gasteiger partial charge is 0.393 e. The first-order valence-electron chi connectivity index (χ1n) is 12.9. The number of rotatable bonds is 10. The van der Waals surface area contributed by atoms with Gasteiger partial charge in [-0.05, 0) is 48.3 Å². The van der Waals surface area contributed by atoms with Gasteiger partial charge in [-0.3, -0.25) is 0 Å². The highest BCUT2D eigenvalue weighted by atomic mass is 16.3. The van der Waals surface area contributed by atoms with Crippen molar-refractivity contribution in [2.75, 3.05) is 0 Å². The summed E-state index contributed by atoms with van der Waals surface area (Å²) >= 11 is 0. The molecule has 0 amide bonds. The number of hydrogen-bond donors (Lipinski definition) is 3. The Hall–Kier alpha value is -1.16. The van der Waals surface area contributed by atoms with E-state index < -0.39 is 24.2 Å². The fraction of sp³-hybridized carbons (Fsp3) is 0.692. The van der Waals surface area contributed by atoms with Crippen LogP contribution in [0.2, 0.25) is 0 Å². The van der Waals surface area contributed by atoms with Crippen molar-refractivity contribution in [1.29, 1.82) is 0 Å². The van der Waals surface area contributed by atoms with Crippen molar-refractivity contribution in [1.82, 2.24) is 0 Å². The molecular formula is C26H40O3. The van der Waals surface area contributed by atoms with E-state index in [-0.39, 0.29) is 18.3 Å². The van der Waals surface area contributed by atoms with Crippen LogP contribution < -0.4 is 0 Å². The summed E-state index contributed by atoms with van der Waals surface area (Å²) in [4.78, 5) is 0. The van der Waals surface area contributed by atoms with Crippen molar-refractivity contribution in [2.24, 2.45) is 11.8 Å². The van der Waals surface area contributed by atoms with Crippen LogP contribution in [0.5, 0.6) is 0 Å². The molecule has 0 heterocycles. The summed E-state index contributed by atoms with van der Waals surface area (Å²) in [6, 6.07) is 0. The number of unbranched alkanes of at least 4 members (excludes halogenated alkanes) is 3. The van der Waals surface area contributed by atoms with E-state index in [0.717, 1.165) is 43.3 Å². The lowest BCUT2D eigenvalue weighted by atomic mass is 9.50. The van der Waals surface area contributed by atoms with Gasteiger partial charge < -0.3 is 15.3 Å². The lowest BCUT2D eigenvalue weighted by molar-refractivity contribution is -0.126. The quantitative estimate of drug-likeness (QED) is 0.339. The van der Waals surface area contributed by atoms with E-state index in [1.54, 1.807) is 0 Å². The molecule has 0 saturated heterocycles. The van der Waals surface area contributed by atoms with Gasteiger partial charge in [-0.1, -0.05) is 76.8 Å². The zero-order chi connectivity index (χ0) is 23.6. The molecule has 0 spiro atoms. The van der Waals surface area contributed by atoms with E-state index in [4.69, 9.17) is 4.11 Å². The number of aliphatic hydroxyl groups excluding tert-OH is 1. The van der Waals surface area contributed by atoms with Crippen LogP contribution in [0.15, 0.2) is 47.6 Å². The third-order valence-corrected chi connectivity index (χ3v) is 7.14. The molecule has 3 rings (SSSR count). The molecule has 0 aromatic rings. The molecule has 5 atom stereocenters. The maximum absolute atomic E-state index is 11.2. The maximum atomic E-state index is 11.2. The van der Waals surface area contributed by atoms with Crippen molar-refractivity contribution in [3.05, 3.63) is 47.6 Å². The third-order valence-electron chi connectivity index (χ3n) is 7.14. The van der Waals surface area contributed by atoms with Crippen molar-refractivity contribution in [2.45, 2.75) is 102 Å². The van der Waals surface area contributed by atoms with Crippen LogP contribution in [0, 0.1) is 11.8 Å². The van der Waals surface area contributed by atoms with E-state index in [0.29, 0.717) is 32.1 Å². The Morgan fingerprint density at radius 3 is 2.83 bits per heavy atom. The van der Waals surface area contributed by atoms with Crippen LogP contribution in [0.4, 0.5) is 0 Å². The van der Waals surface area contributed by atoms with Crippen LogP contribution in [0.1, 0.15) is 88.5 Å². The lowest BCUT2D eigenvalue weighted by Crippen LogP contribution is -2.61. The molecular weight excluding hydrogens is 360 g/mol. The molecule has 3 N–H and O–H groups in total.